The van der Waals surface area contributed by atoms with Crippen LogP contribution >= 0.6 is 0 Å². The van der Waals surface area contributed by atoms with Gasteiger partial charge in [0.1, 0.15) is 11.2 Å². The molecular formula is C88H60N2O. The highest BCUT2D eigenvalue weighted by atomic mass is 16.3. The predicted molar refractivity (Wildman–Crippen MR) is 379 cm³/mol. The summed E-state index contributed by atoms with van der Waals surface area (Å²) in [6.07, 6.45) is 0. The smallest absolute Gasteiger partial charge is 0.136 e. The van der Waals surface area contributed by atoms with Crippen molar-refractivity contribution >= 4 is 56.1 Å². The molecule has 1 spiro atoms. The van der Waals surface area contributed by atoms with E-state index in [4.69, 9.17) is 4.42 Å². The molecule has 0 atom stereocenters. The van der Waals surface area contributed by atoms with Gasteiger partial charge in [-0.2, -0.15) is 0 Å². The first kappa shape index (κ1) is 52.6. The van der Waals surface area contributed by atoms with Crippen molar-refractivity contribution in [2.45, 2.75) is 24.7 Å². The van der Waals surface area contributed by atoms with Crippen LogP contribution in [-0.2, 0) is 10.8 Å². The summed E-state index contributed by atoms with van der Waals surface area (Å²) >= 11 is 0. The molecule has 14 aromatic carbocycles. The third kappa shape index (κ3) is 8.14. The molecular weight excluding hydrogens is 1100 g/mol. The Labute approximate surface area is 530 Å². The zero-order valence-corrected chi connectivity index (χ0v) is 50.5. The first-order chi connectivity index (χ1) is 44.9. The van der Waals surface area contributed by atoms with Crippen molar-refractivity contribution in [3.05, 3.63) is 361 Å². The van der Waals surface area contributed by atoms with Gasteiger partial charge in [-0.15, -0.1) is 0 Å². The van der Waals surface area contributed by atoms with Gasteiger partial charge >= 0.3 is 0 Å². The summed E-state index contributed by atoms with van der Waals surface area (Å²) in [7, 11) is 0. The van der Waals surface area contributed by atoms with E-state index in [0.717, 1.165) is 83.8 Å². The third-order valence-corrected chi connectivity index (χ3v) is 19.9. The first-order valence-corrected chi connectivity index (χ1v) is 31.6. The average molecular weight is 1160 g/mol. The van der Waals surface area contributed by atoms with E-state index in [1.165, 1.54) is 83.6 Å². The molecule has 0 saturated heterocycles. The lowest BCUT2D eigenvalue weighted by Gasteiger charge is -2.32. The van der Waals surface area contributed by atoms with Crippen molar-refractivity contribution in [1.82, 2.24) is 0 Å². The Balaban J connectivity index is 0.648. The molecule has 428 valence electrons. The van der Waals surface area contributed by atoms with E-state index in [-0.39, 0.29) is 5.41 Å². The van der Waals surface area contributed by atoms with Gasteiger partial charge in [-0.05, 0) is 208 Å². The summed E-state index contributed by atoms with van der Waals surface area (Å²) in [5.74, 6) is 0. The Kier molecular flexibility index (Phi) is 11.9. The van der Waals surface area contributed by atoms with Crippen LogP contribution in [0.2, 0.25) is 0 Å². The number of fused-ring (bicyclic) bond motifs is 16. The number of hydrogen-bond donors (Lipinski definition) is 0. The Bertz CT molecular complexity index is 5300. The maximum Gasteiger partial charge on any atom is 0.136 e. The van der Waals surface area contributed by atoms with Gasteiger partial charge < -0.3 is 14.2 Å². The lowest BCUT2D eigenvalue weighted by Crippen LogP contribution is -2.26. The minimum Gasteiger partial charge on any atom is -0.456 e. The highest BCUT2D eigenvalue weighted by molar-refractivity contribution is 6.07. The Morgan fingerprint density at radius 2 is 0.648 bits per heavy atom. The van der Waals surface area contributed by atoms with Crippen molar-refractivity contribution in [2.75, 3.05) is 9.80 Å². The van der Waals surface area contributed by atoms with E-state index in [2.05, 4.69) is 351 Å². The molecule has 0 amide bonds. The highest BCUT2D eigenvalue weighted by Gasteiger charge is 2.51. The van der Waals surface area contributed by atoms with Gasteiger partial charge in [-0.25, -0.2) is 0 Å². The van der Waals surface area contributed by atoms with Crippen LogP contribution in [0, 0.1) is 0 Å². The fraction of sp³-hybridized carbons (Fsp3) is 0.0455. The lowest BCUT2D eigenvalue weighted by molar-refractivity contribution is 0.661. The van der Waals surface area contributed by atoms with Crippen LogP contribution < -0.4 is 9.80 Å². The topological polar surface area (TPSA) is 19.6 Å². The van der Waals surface area contributed by atoms with Crippen LogP contribution in [0.4, 0.5) is 34.1 Å². The molecule has 0 saturated carbocycles. The molecule has 91 heavy (non-hydrogen) atoms. The van der Waals surface area contributed by atoms with Crippen LogP contribution in [0.5, 0.6) is 0 Å². The number of para-hydroxylation sites is 1. The van der Waals surface area contributed by atoms with Crippen LogP contribution in [0.1, 0.15) is 47.2 Å². The Morgan fingerprint density at radius 3 is 1.26 bits per heavy atom. The standard InChI is InChI=1S/C88H60N2O/c1-87(2)78-30-13-9-28-73(78)76-29-18-34-83(86(76)87)90(67-45-35-58(36-46-67)57-19-5-3-6-20-57)68-47-39-60(40-48-68)63-42-52-84-77(54-63)75-50-41-64(55-85(75)91-84)62-22-17-21-61(53-62)59-37-43-66(44-38-59)89(65-23-7-4-8-24-65)69-49-51-74-72-27-12-16-33-81(72)88(82(74)56-69)79-31-14-10-25-70(79)71-26-11-15-32-80(71)88/h3-56H,1-2H3. The van der Waals surface area contributed by atoms with Crippen LogP contribution in [0.25, 0.3) is 99.8 Å². The van der Waals surface area contributed by atoms with E-state index in [0.29, 0.717) is 0 Å². The van der Waals surface area contributed by atoms with Crippen molar-refractivity contribution in [3.63, 3.8) is 0 Å². The molecule has 15 aromatic rings. The summed E-state index contributed by atoms with van der Waals surface area (Å²) in [5.41, 5.74) is 32.9. The van der Waals surface area contributed by atoms with Crippen molar-refractivity contribution in [1.29, 1.82) is 0 Å². The number of nitrogens with zero attached hydrogens (tertiary/aromatic N) is 2. The molecule has 1 aromatic heterocycles. The zero-order chi connectivity index (χ0) is 60.4. The predicted octanol–water partition coefficient (Wildman–Crippen LogP) is 23.8. The number of benzene rings is 14. The summed E-state index contributed by atoms with van der Waals surface area (Å²) < 4.78 is 6.68. The van der Waals surface area contributed by atoms with Crippen molar-refractivity contribution in [2.24, 2.45) is 0 Å². The molecule has 0 aliphatic heterocycles. The van der Waals surface area contributed by atoms with Gasteiger partial charge in [0.15, 0.2) is 0 Å². The minimum absolute atomic E-state index is 0.192. The summed E-state index contributed by atoms with van der Waals surface area (Å²) in [4.78, 5) is 4.85. The summed E-state index contributed by atoms with van der Waals surface area (Å²) in [6, 6.07) is 121. The minimum atomic E-state index is -0.432. The maximum atomic E-state index is 6.68. The zero-order valence-electron chi connectivity index (χ0n) is 50.5. The van der Waals surface area contributed by atoms with E-state index >= 15 is 0 Å². The van der Waals surface area contributed by atoms with Crippen LogP contribution in [0.15, 0.2) is 332 Å². The number of anilines is 6. The summed E-state index contributed by atoms with van der Waals surface area (Å²) in [6.45, 7) is 4.74. The van der Waals surface area contributed by atoms with Gasteiger partial charge in [-0.3, -0.25) is 0 Å². The van der Waals surface area contributed by atoms with Gasteiger partial charge in [-0.1, -0.05) is 244 Å². The molecule has 1 heterocycles. The second-order valence-electron chi connectivity index (χ2n) is 25.1. The van der Waals surface area contributed by atoms with Gasteiger partial charge in [0, 0.05) is 44.6 Å². The van der Waals surface area contributed by atoms with E-state index in [1.54, 1.807) is 0 Å². The SMILES string of the molecule is CC1(C)c2ccccc2-c2cccc(N(c3ccc(-c4ccccc4)cc3)c3ccc(-c4ccc5oc6cc(-c7cccc(-c8ccc(N(c9ccccc9)c9ccc%10c(c9)C9(c%11ccccc%11-c%11ccccc%119)c9ccccc9-%10)cc8)c7)ccc6c5c4)cc3)c21. The number of rotatable bonds is 10. The van der Waals surface area contributed by atoms with Crippen molar-refractivity contribution in [3.8, 4) is 77.9 Å². The second kappa shape index (κ2) is 20.5. The number of furan rings is 1. The fourth-order valence-corrected chi connectivity index (χ4v) is 15.7. The Hall–Kier alpha value is -11.5. The highest BCUT2D eigenvalue weighted by Crippen LogP contribution is 2.63. The largest absolute Gasteiger partial charge is 0.456 e. The molecule has 0 bridgehead atoms. The normalized spacial score (nSPS) is 13.3. The molecule has 0 radical (unpaired) electrons. The average Bonchev–Trinajstić information content (AvgIpc) is 1.52. The molecule has 0 unspecified atom stereocenters. The molecule has 3 heteroatoms. The molecule has 3 aliphatic rings. The molecule has 0 N–H and O–H groups in total. The lowest BCUT2D eigenvalue weighted by atomic mass is 9.70. The van der Waals surface area contributed by atoms with Gasteiger partial charge in [0.05, 0.1) is 11.1 Å². The van der Waals surface area contributed by atoms with E-state index in [9.17, 15) is 0 Å². The fourth-order valence-electron chi connectivity index (χ4n) is 15.7. The maximum absolute atomic E-state index is 6.68. The molecule has 18 rings (SSSR count). The summed E-state index contributed by atoms with van der Waals surface area (Å²) in [5, 5.41) is 2.20. The second-order valence-corrected chi connectivity index (χ2v) is 25.1. The van der Waals surface area contributed by atoms with Gasteiger partial charge in [0.2, 0.25) is 0 Å². The quantitative estimate of drug-likeness (QED) is 0.136. The number of hydrogen-bond acceptors (Lipinski definition) is 3. The third-order valence-electron chi connectivity index (χ3n) is 19.9. The van der Waals surface area contributed by atoms with Crippen molar-refractivity contribution < 1.29 is 4.42 Å². The van der Waals surface area contributed by atoms with Crippen LogP contribution in [0.3, 0.4) is 0 Å². The molecule has 3 nitrogen and oxygen atoms in total. The monoisotopic (exact) mass is 1160 g/mol. The van der Waals surface area contributed by atoms with E-state index < -0.39 is 5.41 Å². The first-order valence-electron chi connectivity index (χ1n) is 31.6. The molecule has 3 aliphatic carbocycles. The Morgan fingerprint density at radius 1 is 0.242 bits per heavy atom. The van der Waals surface area contributed by atoms with E-state index in [1.807, 2.05) is 0 Å². The van der Waals surface area contributed by atoms with Crippen LogP contribution in [-0.4, -0.2) is 0 Å². The van der Waals surface area contributed by atoms with Gasteiger partial charge in [0.25, 0.3) is 0 Å². The molecule has 0 fully saturated rings.